The van der Waals surface area contributed by atoms with Crippen molar-refractivity contribution in [1.82, 2.24) is 0 Å². The lowest BCUT2D eigenvalue weighted by molar-refractivity contribution is -0.788. The number of carbonyl (C=O) groups is 1. The highest BCUT2D eigenvalue weighted by atomic mass is 16.5. The minimum absolute atomic E-state index is 0.167. The standard InChI is InChI=1S/C20H24N3O3/c24-20(17-7-2-1-3-8-17)18-9-6-11-22(14-18)15-26-16-23-12-5-4-10-19(23)13-21-25/h4-6,9-14,17H,1-3,7-8,15-16H2/q+1/p+1. The molecule has 0 bridgehead atoms. The van der Waals surface area contributed by atoms with E-state index in [-0.39, 0.29) is 11.7 Å². The third kappa shape index (κ3) is 4.73. The number of rotatable bonds is 7. The molecule has 1 N–H and O–H groups in total. The Morgan fingerprint density at radius 3 is 2.81 bits per heavy atom. The second-order valence-corrected chi connectivity index (χ2v) is 6.61. The van der Waals surface area contributed by atoms with Crippen LogP contribution in [0.2, 0.25) is 0 Å². The lowest BCUT2D eigenvalue weighted by atomic mass is 9.84. The van der Waals surface area contributed by atoms with Crippen LogP contribution in [0.25, 0.3) is 0 Å². The summed E-state index contributed by atoms with van der Waals surface area (Å²) in [4.78, 5) is 12.7. The van der Waals surface area contributed by atoms with Crippen molar-refractivity contribution >= 4 is 12.0 Å². The Morgan fingerprint density at radius 1 is 1.15 bits per heavy atom. The van der Waals surface area contributed by atoms with Gasteiger partial charge in [-0.2, -0.15) is 9.13 Å². The van der Waals surface area contributed by atoms with E-state index in [1.54, 1.807) is 0 Å². The molecule has 6 nitrogen and oxygen atoms in total. The fourth-order valence-corrected chi connectivity index (χ4v) is 3.38. The molecule has 2 aromatic heterocycles. The lowest BCUT2D eigenvalue weighted by Gasteiger charge is -2.19. The molecule has 0 radical (unpaired) electrons. The molecule has 1 saturated carbocycles. The second kappa shape index (κ2) is 9.20. The highest BCUT2D eigenvalue weighted by molar-refractivity contribution is 5.97. The van der Waals surface area contributed by atoms with E-state index in [2.05, 4.69) is 5.16 Å². The van der Waals surface area contributed by atoms with Gasteiger partial charge in [-0.15, -0.1) is 0 Å². The SMILES string of the molecule is O=C(c1ccc[n+](COC[n+]2ccccc2/C=N\O)c1)C1CCCCC1. The van der Waals surface area contributed by atoms with E-state index in [0.717, 1.165) is 36.9 Å². The molecule has 2 aromatic rings. The Balaban J connectivity index is 1.60. The first-order valence-corrected chi connectivity index (χ1v) is 9.05. The van der Waals surface area contributed by atoms with E-state index in [0.29, 0.717) is 13.5 Å². The summed E-state index contributed by atoms with van der Waals surface area (Å²) in [7, 11) is 0. The topological polar surface area (TPSA) is 66.7 Å². The van der Waals surface area contributed by atoms with Crippen molar-refractivity contribution in [2.24, 2.45) is 11.1 Å². The van der Waals surface area contributed by atoms with Crippen LogP contribution in [0.5, 0.6) is 0 Å². The first-order chi connectivity index (χ1) is 12.8. The maximum absolute atomic E-state index is 12.7. The number of ketones is 1. The van der Waals surface area contributed by atoms with Crippen LogP contribution in [-0.4, -0.2) is 17.2 Å². The molecule has 1 fully saturated rings. The Labute approximate surface area is 153 Å². The van der Waals surface area contributed by atoms with Crippen LogP contribution in [0.4, 0.5) is 0 Å². The smallest absolute Gasteiger partial charge is 0.258 e. The molecule has 0 spiro atoms. The fourth-order valence-electron chi connectivity index (χ4n) is 3.38. The molecule has 2 heterocycles. The predicted molar refractivity (Wildman–Crippen MR) is 94.6 cm³/mol. The average Bonchev–Trinajstić information content (AvgIpc) is 2.70. The molecule has 0 atom stereocenters. The van der Waals surface area contributed by atoms with E-state index in [1.807, 2.05) is 58.1 Å². The highest BCUT2D eigenvalue weighted by Crippen LogP contribution is 2.26. The molecule has 136 valence electrons. The average molecular weight is 355 g/mol. The molecule has 1 aliphatic rings. The zero-order chi connectivity index (χ0) is 18.2. The molecular weight excluding hydrogens is 330 g/mol. The Morgan fingerprint density at radius 2 is 2.00 bits per heavy atom. The monoisotopic (exact) mass is 355 g/mol. The van der Waals surface area contributed by atoms with Gasteiger partial charge in [-0.25, -0.2) is 0 Å². The summed E-state index contributed by atoms with van der Waals surface area (Å²) >= 11 is 0. The summed E-state index contributed by atoms with van der Waals surface area (Å²) < 4.78 is 9.45. The molecule has 6 heteroatoms. The summed E-state index contributed by atoms with van der Waals surface area (Å²) in [5.74, 6) is 0.415. The van der Waals surface area contributed by atoms with Crippen molar-refractivity contribution in [3.8, 4) is 0 Å². The van der Waals surface area contributed by atoms with Crippen LogP contribution in [0.15, 0.2) is 54.1 Å². The van der Waals surface area contributed by atoms with Gasteiger partial charge in [0.2, 0.25) is 5.69 Å². The fraction of sp³-hybridized carbons (Fsp3) is 0.400. The summed E-state index contributed by atoms with van der Waals surface area (Å²) in [5.41, 5.74) is 1.49. The summed E-state index contributed by atoms with van der Waals surface area (Å²) in [6.07, 6.45) is 12.5. The predicted octanol–water partition coefficient (Wildman–Crippen LogP) is 2.46. The highest BCUT2D eigenvalue weighted by Gasteiger charge is 2.24. The maximum atomic E-state index is 12.7. The van der Waals surface area contributed by atoms with Gasteiger partial charge in [0.25, 0.3) is 13.5 Å². The molecule has 0 aliphatic heterocycles. The summed E-state index contributed by atoms with van der Waals surface area (Å²) in [5, 5.41) is 11.8. The van der Waals surface area contributed by atoms with Crippen molar-refractivity contribution in [3.63, 3.8) is 0 Å². The number of nitrogens with zero attached hydrogens (tertiary/aromatic N) is 3. The Kier molecular flexibility index (Phi) is 6.44. The van der Waals surface area contributed by atoms with Gasteiger partial charge in [-0.1, -0.05) is 24.4 Å². The van der Waals surface area contributed by atoms with E-state index in [4.69, 9.17) is 9.94 Å². The number of aromatic nitrogens is 2. The van der Waals surface area contributed by atoms with Crippen molar-refractivity contribution in [2.45, 2.75) is 45.6 Å². The van der Waals surface area contributed by atoms with Gasteiger partial charge in [0.05, 0.1) is 5.56 Å². The van der Waals surface area contributed by atoms with E-state index >= 15 is 0 Å². The van der Waals surface area contributed by atoms with Crippen molar-refractivity contribution in [2.75, 3.05) is 0 Å². The van der Waals surface area contributed by atoms with Crippen LogP contribution in [-0.2, 0) is 18.2 Å². The normalized spacial score (nSPS) is 15.4. The zero-order valence-electron chi connectivity index (χ0n) is 14.8. The first-order valence-electron chi connectivity index (χ1n) is 9.05. The molecule has 1 aliphatic carbocycles. The van der Waals surface area contributed by atoms with E-state index in [9.17, 15) is 4.79 Å². The van der Waals surface area contributed by atoms with E-state index in [1.165, 1.54) is 12.6 Å². The van der Waals surface area contributed by atoms with Crippen LogP contribution in [0.3, 0.4) is 0 Å². The van der Waals surface area contributed by atoms with E-state index < -0.39 is 0 Å². The minimum atomic E-state index is 0.167. The lowest BCUT2D eigenvalue weighted by Crippen LogP contribution is -2.43. The molecule has 0 saturated heterocycles. The first kappa shape index (κ1) is 18.2. The third-order valence-corrected chi connectivity index (χ3v) is 4.76. The molecule has 0 amide bonds. The van der Waals surface area contributed by atoms with Gasteiger partial charge in [0.1, 0.15) is 6.21 Å². The van der Waals surface area contributed by atoms with Crippen molar-refractivity contribution in [3.05, 3.63) is 60.2 Å². The number of pyridine rings is 2. The van der Waals surface area contributed by atoms with Crippen molar-refractivity contribution < 1.29 is 23.9 Å². The van der Waals surface area contributed by atoms with Crippen LogP contribution in [0, 0.1) is 5.92 Å². The Bertz CT molecular complexity index is 770. The van der Waals surface area contributed by atoms with Gasteiger partial charge in [0.15, 0.2) is 24.4 Å². The van der Waals surface area contributed by atoms with Crippen LogP contribution in [0.1, 0.15) is 48.2 Å². The van der Waals surface area contributed by atoms with Gasteiger partial charge in [0, 0.05) is 24.1 Å². The van der Waals surface area contributed by atoms with Gasteiger partial charge >= 0.3 is 0 Å². The number of oxime groups is 1. The number of carbonyl (C=O) groups excluding carboxylic acids is 1. The summed E-state index contributed by atoms with van der Waals surface area (Å²) in [6.45, 7) is 0.652. The number of hydrogen-bond donors (Lipinski definition) is 1. The second-order valence-electron chi connectivity index (χ2n) is 6.61. The molecule has 3 rings (SSSR count). The zero-order valence-corrected chi connectivity index (χ0v) is 14.8. The van der Waals surface area contributed by atoms with Crippen molar-refractivity contribution in [1.29, 1.82) is 0 Å². The third-order valence-electron chi connectivity index (χ3n) is 4.76. The van der Waals surface area contributed by atoms with Crippen LogP contribution < -0.4 is 9.13 Å². The van der Waals surface area contributed by atoms with Crippen LogP contribution >= 0.6 is 0 Å². The number of ether oxygens (including phenoxy) is 1. The minimum Gasteiger partial charge on any atom is -0.411 e. The molecule has 26 heavy (non-hydrogen) atoms. The largest absolute Gasteiger partial charge is 0.411 e. The van der Waals surface area contributed by atoms with Gasteiger partial charge in [-0.3, -0.25) is 9.53 Å². The number of Topliss-reactive ketones (excluding diaryl/α,β-unsaturated/α-hetero) is 1. The quantitative estimate of drug-likeness (QED) is 0.273. The summed E-state index contributed by atoms with van der Waals surface area (Å²) in [6, 6.07) is 9.35. The molecule has 0 unspecified atom stereocenters. The van der Waals surface area contributed by atoms with Gasteiger partial charge in [-0.05, 0) is 25.0 Å². The maximum Gasteiger partial charge on any atom is 0.258 e. The van der Waals surface area contributed by atoms with Gasteiger partial charge < -0.3 is 5.21 Å². The Hall–Kier alpha value is -2.60. The number of hydrogen-bond acceptors (Lipinski definition) is 4. The molecule has 0 aromatic carbocycles. The molecular formula is C20H25N3O3+2.